The lowest BCUT2D eigenvalue weighted by molar-refractivity contribution is -0.574. The molecule has 13 nitrogen and oxygen atoms in total. The van der Waals surface area contributed by atoms with Crippen molar-refractivity contribution in [1.29, 1.82) is 0 Å². The standard InChI is InChI=1S/C65H42N13/c1-11-32-66-44(21-1)43-31-42-76-62(54(43)45-22-2-12-33-67-45)64-59(50-27-7-17-38-72-50)56(47-24-4-14-35-69-47)58(49-26-6-16-37-71-49)63(53-30-10-20-41-75-53)78(64)65-60(51-28-8-18-39-73-51)55(46-23-3-13-34-68-46)57(48-25-5-15-36-70-48)61(77-65)52-29-9-19-40-74-52/h1-42H/q+1. The zero-order valence-electron chi connectivity index (χ0n) is 41.6. The first-order valence-electron chi connectivity index (χ1n) is 25.2. The first kappa shape index (κ1) is 46.7. The molecule has 0 bridgehead atoms. The van der Waals surface area contributed by atoms with Crippen molar-refractivity contribution >= 4 is 0 Å². The van der Waals surface area contributed by atoms with Gasteiger partial charge in [0.25, 0.3) is 0 Å². The monoisotopic (exact) mass is 1000 g/mol. The van der Waals surface area contributed by atoms with Gasteiger partial charge in [0, 0.05) is 90.4 Å². The highest BCUT2D eigenvalue weighted by Gasteiger charge is 2.42. The maximum absolute atomic E-state index is 6.03. The molecule has 13 heterocycles. The average Bonchev–Trinajstić information content (AvgIpc) is 3.69. The van der Waals surface area contributed by atoms with Gasteiger partial charge >= 0.3 is 5.82 Å². The van der Waals surface area contributed by atoms with E-state index in [1.54, 1.807) is 62.0 Å². The Balaban J connectivity index is 1.38. The second-order valence-corrected chi connectivity index (χ2v) is 17.8. The highest BCUT2D eigenvalue weighted by molar-refractivity contribution is 6.05. The largest absolute Gasteiger partial charge is 0.339 e. The van der Waals surface area contributed by atoms with Crippen molar-refractivity contribution in [3.8, 4) is 130 Å². The van der Waals surface area contributed by atoms with E-state index in [1.807, 2.05) is 194 Å². The van der Waals surface area contributed by atoms with E-state index >= 15 is 0 Å². The van der Waals surface area contributed by atoms with Crippen molar-refractivity contribution in [3.63, 3.8) is 0 Å². The molecule has 0 saturated heterocycles. The molecule has 0 saturated carbocycles. The lowest BCUT2D eigenvalue weighted by Crippen LogP contribution is -2.41. The Hall–Kier alpha value is -11.1. The molecule has 366 valence electrons. The summed E-state index contributed by atoms with van der Waals surface area (Å²) in [5, 5.41) is 0. The highest BCUT2D eigenvalue weighted by Crippen LogP contribution is 2.51. The number of pyridine rings is 13. The summed E-state index contributed by atoms with van der Waals surface area (Å²) in [4.78, 5) is 63.0. The van der Waals surface area contributed by atoms with Crippen LogP contribution >= 0.6 is 0 Å². The molecule has 13 aromatic heterocycles. The van der Waals surface area contributed by atoms with Crippen LogP contribution in [0, 0.1) is 0 Å². The molecule has 0 aliphatic rings. The van der Waals surface area contributed by atoms with Crippen LogP contribution in [0.25, 0.3) is 130 Å². The molecule has 0 aliphatic carbocycles. The quantitative estimate of drug-likeness (QED) is 0.107. The molecule has 0 spiro atoms. The molecular weight excluding hydrogens is 963 g/mol. The zero-order valence-corrected chi connectivity index (χ0v) is 41.6. The molecule has 0 aromatic carbocycles. The van der Waals surface area contributed by atoms with Gasteiger partial charge < -0.3 is 0 Å². The topological polar surface area (TPSA) is 159 Å². The van der Waals surface area contributed by atoms with E-state index in [2.05, 4.69) is 4.57 Å². The molecule has 13 heteroatoms. The Bertz CT molecular complexity index is 4190. The molecule has 13 aromatic rings. The normalized spacial score (nSPS) is 11.1. The fourth-order valence-corrected chi connectivity index (χ4v) is 10.0. The molecule has 0 radical (unpaired) electrons. The minimum absolute atomic E-state index is 0.435. The number of rotatable bonds is 12. The molecular formula is C65H42N13+. The van der Waals surface area contributed by atoms with Gasteiger partial charge in [-0.05, 0) is 132 Å². The summed E-state index contributed by atoms with van der Waals surface area (Å²) >= 11 is 0. The Morgan fingerprint density at radius 1 is 0.205 bits per heavy atom. The van der Waals surface area contributed by atoms with Gasteiger partial charge in [-0.1, -0.05) is 60.7 Å². The molecule has 78 heavy (non-hydrogen) atoms. The Labute approximate surface area is 448 Å². The summed E-state index contributed by atoms with van der Waals surface area (Å²) in [6.45, 7) is 0. The maximum atomic E-state index is 6.03. The Kier molecular flexibility index (Phi) is 12.6. The number of nitrogens with zero attached hydrogens (tertiary/aromatic N) is 13. The number of hydrogen-bond donors (Lipinski definition) is 0. The van der Waals surface area contributed by atoms with Crippen LogP contribution in [0.2, 0.25) is 0 Å². The lowest BCUT2D eigenvalue weighted by Gasteiger charge is -2.26. The van der Waals surface area contributed by atoms with E-state index in [-0.39, 0.29) is 0 Å². The van der Waals surface area contributed by atoms with E-state index in [1.165, 1.54) is 0 Å². The molecule has 0 aliphatic heterocycles. The second-order valence-electron chi connectivity index (χ2n) is 17.8. The second kappa shape index (κ2) is 21.1. The van der Waals surface area contributed by atoms with Gasteiger partial charge in [-0.25, -0.2) is 0 Å². The van der Waals surface area contributed by atoms with Gasteiger partial charge in [-0.2, -0.15) is 4.57 Å². The Morgan fingerprint density at radius 3 is 0.936 bits per heavy atom. The zero-order chi connectivity index (χ0) is 52.0. The van der Waals surface area contributed by atoms with Gasteiger partial charge in [-0.3, -0.25) is 54.8 Å². The van der Waals surface area contributed by atoms with Crippen LogP contribution in [-0.2, 0) is 0 Å². The number of hydrogen-bond acceptors (Lipinski definition) is 12. The van der Waals surface area contributed by atoms with Crippen molar-refractivity contribution in [2.24, 2.45) is 0 Å². The molecule has 0 atom stereocenters. The van der Waals surface area contributed by atoms with E-state index in [9.17, 15) is 0 Å². The van der Waals surface area contributed by atoms with Crippen molar-refractivity contribution < 1.29 is 4.57 Å². The third-order valence-electron chi connectivity index (χ3n) is 13.2. The van der Waals surface area contributed by atoms with Crippen molar-refractivity contribution in [2.75, 3.05) is 0 Å². The molecule has 0 unspecified atom stereocenters. The third kappa shape index (κ3) is 8.68. The fraction of sp³-hybridized carbons (Fsp3) is 0. The smallest absolute Gasteiger partial charge is 0.256 e. The van der Waals surface area contributed by atoms with E-state index in [0.29, 0.717) is 113 Å². The molecule has 0 N–H and O–H groups in total. The first-order valence-corrected chi connectivity index (χ1v) is 25.2. The summed E-state index contributed by atoms with van der Waals surface area (Å²) < 4.78 is 2.17. The summed E-state index contributed by atoms with van der Waals surface area (Å²) in [6, 6.07) is 60.8. The maximum Gasteiger partial charge on any atom is 0.339 e. The van der Waals surface area contributed by atoms with Gasteiger partial charge in [-0.15, -0.1) is 0 Å². The highest BCUT2D eigenvalue weighted by atomic mass is 15.1. The summed E-state index contributed by atoms with van der Waals surface area (Å²) in [5.41, 5.74) is 14.2. The van der Waals surface area contributed by atoms with Crippen LogP contribution in [0.4, 0.5) is 0 Å². The van der Waals surface area contributed by atoms with Gasteiger partial charge in [0.05, 0.1) is 62.2 Å². The van der Waals surface area contributed by atoms with Gasteiger partial charge in [0.2, 0.25) is 5.69 Å². The number of aromatic nitrogens is 13. The van der Waals surface area contributed by atoms with Crippen LogP contribution in [0.1, 0.15) is 0 Å². The lowest BCUT2D eigenvalue weighted by atomic mass is 9.85. The van der Waals surface area contributed by atoms with Crippen LogP contribution in [0.15, 0.2) is 256 Å². The predicted octanol–water partition coefficient (Wildman–Crippen LogP) is 13.0. The first-order chi connectivity index (χ1) is 38.8. The predicted molar refractivity (Wildman–Crippen MR) is 301 cm³/mol. The summed E-state index contributed by atoms with van der Waals surface area (Å²) in [5.74, 6) is 0.435. The minimum atomic E-state index is 0.435. The summed E-state index contributed by atoms with van der Waals surface area (Å²) in [7, 11) is 0. The van der Waals surface area contributed by atoms with E-state index < -0.39 is 0 Å². The van der Waals surface area contributed by atoms with E-state index in [4.69, 9.17) is 59.8 Å². The van der Waals surface area contributed by atoms with Crippen LogP contribution in [-0.4, -0.2) is 59.8 Å². The fourth-order valence-electron chi connectivity index (χ4n) is 10.0. The van der Waals surface area contributed by atoms with Gasteiger partial charge in [0.15, 0.2) is 11.4 Å². The van der Waals surface area contributed by atoms with Crippen molar-refractivity contribution in [3.05, 3.63) is 256 Å². The van der Waals surface area contributed by atoms with Crippen molar-refractivity contribution in [1.82, 2.24) is 59.8 Å². The molecule has 0 amide bonds. The molecule has 0 fully saturated rings. The van der Waals surface area contributed by atoms with Crippen LogP contribution in [0.3, 0.4) is 0 Å². The Morgan fingerprint density at radius 2 is 0.526 bits per heavy atom. The average molecular weight is 1010 g/mol. The van der Waals surface area contributed by atoms with Crippen LogP contribution < -0.4 is 4.57 Å². The SMILES string of the molecule is c1ccc(-c2ccnc(-c3c(-c4ccccn4)c(-c4ccccn4)c(-c4ccccn4)c(-c4ccccn4)[n+]3-c3nc(-c4ccccn4)c(-c4ccccn4)c(-c4ccccn4)c3-c3ccccn3)c2-c2ccccn2)nc1. The third-order valence-corrected chi connectivity index (χ3v) is 13.2. The van der Waals surface area contributed by atoms with Gasteiger partial charge in [0.1, 0.15) is 22.6 Å². The van der Waals surface area contributed by atoms with Crippen LogP contribution in [0.5, 0.6) is 0 Å². The summed E-state index contributed by atoms with van der Waals surface area (Å²) in [6.07, 6.45) is 19.7. The molecule has 13 rings (SSSR count). The van der Waals surface area contributed by atoms with E-state index in [0.717, 1.165) is 16.8 Å². The minimum Gasteiger partial charge on any atom is -0.256 e. The van der Waals surface area contributed by atoms with Crippen molar-refractivity contribution in [2.45, 2.75) is 0 Å².